The lowest BCUT2D eigenvalue weighted by Gasteiger charge is -2.37. The summed E-state index contributed by atoms with van der Waals surface area (Å²) in [5.74, 6) is 0.219. The minimum absolute atomic E-state index is 0.0884. The average Bonchev–Trinajstić information content (AvgIpc) is 2.31. The smallest absolute Gasteiger partial charge is 0.242 e. The van der Waals surface area contributed by atoms with Gasteiger partial charge >= 0.3 is 0 Å². The molecule has 0 unspecified atom stereocenters. The number of carbonyl (C=O) groups excluding carboxylic acids is 2. The fraction of sp³-hybridized carbons (Fsp3) is 0.846. The summed E-state index contributed by atoms with van der Waals surface area (Å²) in [6.45, 7) is 6.65. The summed E-state index contributed by atoms with van der Waals surface area (Å²) in [6.07, 6.45) is 2.58. The summed E-state index contributed by atoms with van der Waals surface area (Å²) in [5.41, 5.74) is 0. The maximum Gasteiger partial charge on any atom is 0.242 e. The van der Waals surface area contributed by atoms with Gasteiger partial charge in [0, 0.05) is 38.1 Å². The van der Waals surface area contributed by atoms with E-state index in [0.717, 1.165) is 32.5 Å². The number of piperidine rings is 1. The van der Waals surface area contributed by atoms with Gasteiger partial charge in [-0.05, 0) is 26.7 Å². The zero-order valence-electron chi connectivity index (χ0n) is 11.3. The van der Waals surface area contributed by atoms with E-state index in [2.05, 4.69) is 19.2 Å². The predicted molar refractivity (Wildman–Crippen MR) is 69.1 cm³/mol. The van der Waals surface area contributed by atoms with E-state index in [9.17, 15) is 9.59 Å². The normalized spacial score (nSPS) is 29.6. The molecule has 0 aliphatic carbocycles. The van der Waals surface area contributed by atoms with Crippen LogP contribution in [0.25, 0.3) is 0 Å². The Kier molecular flexibility index (Phi) is 4.22. The molecule has 18 heavy (non-hydrogen) atoms. The van der Waals surface area contributed by atoms with Crippen LogP contribution in [-0.4, -0.2) is 59.9 Å². The van der Waals surface area contributed by atoms with Gasteiger partial charge in [-0.1, -0.05) is 0 Å². The number of hydrogen-bond acceptors (Lipinski definition) is 3. The van der Waals surface area contributed by atoms with Crippen LogP contribution in [0.1, 0.15) is 33.1 Å². The Balaban J connectivity index is 1.88. The van der Waals surface area contributed by atoms with Crippen LogP contribution in [0.4, 0.5) is 0 Å². The molecule has 2 heterocycles. The van der Waals surface area contributed by atoms with Gasteiger partial charge in [-0.2, -0.15) is 0 Å². The van der Waals surface area contributed by atoms with E-state index in [1.807, 2.05) is 4.90 Å². The highest BCUT2D eigenvalue weighted by Gasteiger charge is 2.27. The van der Waals surface area contributed by atoms with Gasteiger partial charge in [-0.25, -0.2) is 0 Å². The van der Waals surface area contributed by atoms with Crippen molar-refractivity contribution >= 4 is 11.8 Å². The van der Waals surface area contributed by atoms with Crippen LogP contribution in [0.5, 0.6) is 0 Å². The molecule has 0 aromatic rings. The van der Waals surface area contributed by atoms with Crippen molar-refractivity contribution in [1.29, 1.82) is 0 Å². The number of nitrogens with zero attached hydrogens (tertiary/aromatic N) is 2. The number of amides is 2. The largest absolute Gasteiger partial charge is 0.338 e. The topological polar surface area (TPSA) is 52.7 Å². The summed E-state index contributed by atoms with van der Waals surface area (Å²) in [7, 11) is 0. The van der Waals surface area contributed by atoms with E-state index in [-0.39, 0.29) is 18.4 Å². The van der Waals surface area contributed by atoms with Gasteiger partial charge in [0.15, 0.2) is 0 Å². The standard InChI is InChI=1S/C13H23N3O2/c1-10-7-16(8-11(2)14-10)13(18)9-15-6-4-3-5-12(15)17/h10-11,14H,3-9H2,1-2H3/t10-,11+. The van der Waals surface area contributed by atoms with Gasteiger partial charge in [0.2, 0.25) is 11.8 Å². The highest BCUT2D eigenvalue weighted by Crippen LogP contribution is 2.11. The molecule has 0 radical (unpaired) electrons. The number of nitrogens with one attached hydrogen (secondary N) is 1. The van der Waals surface area contributed by atoms with Crippen LogP contribution in [-0.2, 0) is 9.59 Å². The zero-order valence-corrected chi connectivity index (χ0v) is 11.3. The van der Waals surface area contributed by atoms with Gasteiger partial charge in [0.05, 0.1) is 6.54 Å². The van der Waals surface area contributed by atoms with E-state index in [0.29, 0.717) is 18.5 Å². The summed E-state index contributed by atoms with van der Waals surface area (Å²) < 4.78 is 0. The molecule has 2 saturated heterocycles. The fourth-order valence-corrected chi connectivity index (χ4v) is 2.82. The zero-order chi connectivity index (χ0) is 13.1. The average molecular weight is 253 g/mol. The number of piperazine rings is 1. The quantitative estimate of drug-likeness (QED) is 0.765. The first-order valence-electron chi connectivity index (χ1n) is 6.88. The highest BCUT2D eigenvalue weighted by atomic mass is 16.2. The van der Waals surface area contributed by atoms with E-state index in [1.165, 1.54) is 0 Å². The van der Waals surface area contributed by atoms with Gasteiger partial charge in [0.25, 0.3) is 0 Å². The second kappa shape index (κ2) is 5.69. The molecule has 2 fully saturated rings. The van der Waals surface area contributed by atoms with Crippen LogP contribution in [0.15, 0.2) is 0 Å². The molecule has 1 N–H and O–H groups in total. The molecule has 0 saturated carbocycles. The fourth-order valence-electron chi connectivity index (χ4n) is 2.82. The van der Waals surface area contributed by atoms with Crippen molar-refractivity contribution in [3.05, 3.63) is 0 Å². The molecule has 5 heteroatoms. The summed E-state index contributed by atoms with van der Waals surface area (Å²) in [6, 6.07) is 0.657. The van der Waals surface area contributed by atoms with E-state index < -0.39 is 0 Å². The summed E-state index contributed by atoms with van der Waals surface area (Å²) >= 11 is 0. The number of hydrogen-bond donors (Lipinski definition) is 1. The Morgan fingerprint density at radius 3 is 2.56 bits per heavy atom. The molecule has 0 bridgehead atoms. The summed E-state index contributed by atoms with van der Waals surface area (Å²) in [4.78, 5) is 27.5. The molecule has 2 aliphatic rings. The molecule has 2 amide bonds. The van der Waals surface area contributed by atoms with E-state index in [1.54, 1.807) is 4.90 Å². The van der Waals surface area contributed by atoms with Crippen LogP contribution in [0.2, 0.25) is 0 Å². The van der Waals surface area contributed by atoms with Crippen molar-refractivity contribution in [1.82, 2.24) is 15.1 Å². The first-order chi connectivity index (χ1) is 8.56. The first-order valence-corrected chi connectivity index (χ1v) is 6.88. The lowest BCUT2D eigenvalue weighted by Crippen LogP contribution is -2.57. The SMILES string of the molecule is C[C@@H]1CN(C(=O)CN2CCCCC2=O)C[C@H](C)N1. The van der Waals surface area contributed by atoms with Gasteiger partial charge in [-0.15, -0.1) is 0 Å². The monoisotopic (exact) mass is 253 g/mol. The second-order valence-electron chi connectivity index (χ2n) is 5.54. The molecular weight excluding hydrogens is 230 g/mol. The predicted octanol–water partition coefficient (Wildman–Crippen LogP) is 0.208. The molecule has 2 rings (SSSR count). The third-order valence-corrected chi connectivity index (χ3v) is 3.66. The van der Waals surface area contributed by atoms with Crippen LogP contribution in [0, 0.1) is 0 Å². The van der Waals surface area contributed by atoms with Crippen LogP contribution < -0.4 is 5.32 Å². The minimum Gasteiger partial charge on any atom is -0.338 e. The minimum atomic E-state index is 0.0884. The lowest BCUT2D eigenvalue weighted by molar-refractivity contribution is -0.142. The molecule has 0 aromatic heterocycles. The molecular formula is C13H23N3O2. The molecule has 2 atom stereocenters. The van der Waals surface area contributed by atoms with Crippen molar-refractivity contribution in [2.75, 3.05) is 26.2 Å². The maximum atomic E-state index is 12.2. The second-order valence-corrected chi connectivity index (χ2v) is 5.54. The van der Waals surface area contributed by atoms with Gasteiger partial charge in [0.1, 0.15) is 0 Å². The van der Waals surface area contributed by atoms with Crippen molar-refractivity contribution in [2.45, 2.75) is 45.2 Å². The molecule has 0 spiro atoms. The van der Waals surface area contributed by atoms with Crippen molar-refractivity contribution in [3.8, 4) is 0 Å². The maximum absolute atomic E-state index is 12.2. The Morgan fingerprint density at radius 1 is 1.28 bits per heavy atom. The molecule has 0 aromatic carbocycles. The molecule has 102 valence electrons. The highest BCUT2D eigenvalue weighted by molar-refractivity contribution is 5.85. The molecule has 5 nitrogen and oxygen atoms in total. The third-order valence-electron chi connectivity index (χ3n) is 3.66. The molecule has 2 aliphatic heterocycles. The number of rotatable bonds is 2. The van der Waals surface area contributed by atoms with Crippen molar-refractivity contribution < 1.29 is 9.59 Å². The first kappa shape index (κ1) is 13.3. The van der Waals surface area contributed by atoms with E-state index >= 15 is 0 Å². The Morgan fingerprint density at radius 2 is 1.94 bits per heavy atom. The lowest BCUT2D eigenvalue weighted by atomic mass is 10.1. The Hall–Kier alpha value is -1.10. The third kappa shape index (κ3) is 3.22. The van der Waals surface area contributed by atoms with Gasteiger partial charge < -0.3 is 15.1 Å². The Bertz CT molecular complexity index is 322. The Labute approximate surface area is 108 Å². The number of carbonyl (C=O) groups is 2. The van der Waals surface area contributed by atoms with Crippen LogP contribution >= 0.6 is 0 Å². The van der Waals surface area contributed by atoms with Crippen molar-refractivity contribution in [3.63, 3.8) is 0 Å². The number of likely N-dealkylation sites (tertiary alicyclic amines) is 1. The van der Waals surface area contributed by atoms with Crippen molar-refractivity contribution in [2.24, 2.45) is 0 Å². The summed E-state index contributed by atoms with van der Waals surface area (Å²) in [5, 5.41) is 3.40. The van der Waals surface area contributed by atoms with E-state index in [4.69, 9.17) is 0 Å². The van der Waals surface area contributed by atoms with Gasteiger partial charge in [-0.3, -0.25) is 9.59 Å². The van der Waals surface area contributed by atoms with Crippen LogP contribution in [0.3, 0.4) is 0 Å².